The maximum atomic E-state index is 12.4. The maximum absolute atomic E-state index is 12.4. The first-order valence-electron chi connectivity index (χ1n) is 7.93. The molecule has 0 aliphatic carbocycles. The molecule has 0 aromatic heterocycles. The quantitative estimate of drug-likeness (QED) is 0.805. The molecule has 2 aromatic carbocycles. The van der Waals surface area contributed by atoms with Crippen molar-refractivity contribution in [3.8, 4) is 0 Å². The largest absolute Gasteiger partial charge is 0.323 e. The topological polar surface area (TPSA) is 66.5 Å². The van der Waals surface area contributed by atoms with Gasteiger partial charge in [0.05, 0.1) is 4.90 Å². The molecule has 1 amide bonds. The lowest BCUT2D eigenvalue weighted by Crippen LogP contribution is -2.33. The summed E-state index contributed by atoms with van der Waals surface area (Å²) in [7, 11) is -1.98. The fraction of sp³-hybridized carbons (Fsp3) is 0.211. The van der Waals surface area contributed by atoms with Gasteiger partial charge in [-0.05, 0) is 49.8 Å². The number of rotatable bonds is 6. The molecule has 0 saturated heterocycles. The van der Waals surface area contributed by atoms with E-state index in [4.69, 9.17) is 0 Å². The van der Waals surface area contributed by atoms with Crippen molar-refractivity contribution in [2.75, 3.05) is 12.4 Å². The second kappa shape index (κ2) is 8.09. The van der Waals surface area contributed by atoms with Gasteiger partial charge >= 0.3 is 0 Å². The Bertz CT molecular complexity index is 842. The number of hydrogen-bond donors (Lipinski definition) is 1. The van der Waals surface area contributed by atoms with Crippen LogP contribution in [-0.2, 0) is 14.8 Å². The van der Waals surface area contributed by atoms with Crippen LogP contribution >= 0.6 is 0 Å². The SMILES string of the molecule is CC(C)N(C)S(=O)(=O)c1ccc(NC(=O)/C=C/c2ccccc2)cc1. The van der Waals surface area contributed by atoms with Crippen LogP contribution in [0.5, 0.6) is 0 Å². The Morgan fingerprint density at radius 2 is 1.64 bits per heavy atom. The Morgan fingerprint density at radius 1 is 1.04 bits per heavy atom. The van der Waals surface area contributed by atoms with Crippen LogP contribution in [-0.4, -0.2) is 31.7 Å². The molecule has 0 aliphatic rings. The van der Waals surface area contributed by atoms with Crippen molar-refractivity contribution >= 4 is 27.7 Å². The number of anilines is 1. The Balaban J connectivity index is 2.05. The molecule has 0 heterocycles. The van der Waals surface area contributed by atoms with Gasteiger partial charge in [0.25, 0.3) is 0 Å². The molecule has 25 heavy (non-hydrogen) atoms. The van der Waals surface area contributed by atoms with E-state index in [2.05, 4.69) is 5.32 Å². The Morgan fingerprint density at radius 3 is 2.20 bits per heavy atom. The third-order valence-electron chi connectivity index (χ3n) is 3.75. The minimum Gasteiger partial charge on any atom is -0.323 e. The number of sulfonamides is 1. The van der Waals surface area contributed by atoms with Gasteiger partial charge in [-0.15, -0.1) is 0 Å². The van der Waals surface area contributed by atoms with Gasteiger partial charge in [0.15, 0.2) is 0 Å². The molecule has 6 heteroatoms. The number of nitrogens with zero attached hydrogens (tertiary/aromatic N) is 1. The normalized spacial score (nSPS) is 12.0. The minimum absolute atomic E-state index is 0.132. The van der Waals surface area contributed by atoms with E-state index in [1.165, 1.54) is 22.5 Å². The van der Waals surface area contributed by atoms with Crippen LogP contribution in [0.4, 0.5) is 5.69 Å². The minimum atomic E-state index is -3.52. The van der Waals surface area contributed by atoms with E-state index in [-0.39, 0.29) is 16.8 Å². The van der Waals surface area contributed by atoms with Crippen LogP contribution in [0.3, 0.4) is 0 Å². The molecule has 0 saturated carbocycles. The summed E-state index contributed by atoms with van der Waals surface area (Å²) in [6.07, 6.45) is 3.15. The van der Waals surface area contributed by atoms with Crippen molar-refractivity contribution in [3.63, 3.8) is 0 Å². The second-order valence-corrected chi connectivity index (χ2v) is 7.87. The van der Waals surface area contributed by atoms with Gasteiger partial charge in [-0.3, -0.25) is 4.79 Å². The predicted molar refractivity (Wildman–Crippen MR) is 101 cm³/mol. The maximum Gasteiger partial charge on any atom is 0.248 e. The van der Waals surface area contributed by atoms with E-state index < -0.39 is 10.0 Å². The lowest BCUT2D eigenvalue weighted by atomic mass is 10.2. The lowest BCUT2D eigenvalue weighted by Gasteiger charge is -2.21. The van der Waals surface area contributed by atoms with Crippen molar-refractivity contribution in [1.82, 2.24) is 4.31 Å². The van der Waals surface area contributed by atoms with Gasteiger partial charge in [-0.25, -0.2) is 8.42 Å². The van der Waals surface area contributed by atoms with Crippen molar-refractivity contribution in [2.45, 2.75) is 24.8 Å². The molecule has 0 unspecified atom stereocenters. The van der Waals surface area contributed by atoms with Crippen LogP contribution in [0.15, 0.2) is 65.6 Å². The molecule has 0 radical (unpaired) electrons. The Hall–Kier alpha value is -2.44. The standard InChI is InChI=1S/C19H22N2O3S/c1-15(2)21(3)25(23,24)18-12-10-17(11-13-18)20-19(22)14-9-16-7-5-4-6-8-16/h4-15H,1-3H3,(H,20,22)/b14-9+. The van der Waals surface area contributed by atoms with Crippen molar-refractivity contribution < 1.29 is 13.2 Å². The average Bonchev–Trinajstić information content (AvgIpc) is 2.60. The fourth-order valence-electron chi connectivity index (χ4n) is 2.07. The van der Waals surface area contributed by atoms with E-state index >= 15 is 0 Å². The van der Waals surface area contributed by atoms with Crippen LogP contribution in [0.2, 0.25) is 0 Å². The molecule has 132 valence electrons. The number of benzene rings is 2. The molecular formula is C19H22N2O3S. The van der Waals surface area contributed by atoms with Gasteiger partial charge < -0.3 is 5.32 Å². The van der Waals surface area contributed by atoms with Gasteiger partial charge in [-0.2, -0.15) is 4.31 Å². The van der Waals surface area contributed by atoms with E-state index in [9.17, 15) is 13.2 Å². The third-order valence-corrected chi connectivity index (χ3v) is 5.80. The van der Waals surface area contributed by atoms with Gasteiger partial charge in [-0.1, -0.05) is 30.3 Å². The highest BCUT2D eigenvalue weighted by atomic mass is 32.2. The first kappa shape index (κ1) is 18.9. The molecule has 0 bridgehead atoms. The molecule has 0 spiro atoms. The van der Waals surface area contributed by atoms with Gasteiger partial charge in [0.2, 0.25) is 15.9 Å². The van der Waals surface area contributed by atoms with E-state index in [0.29, 0.717) is 5.69 Å². The summed E-state index contributed by atoms with van der Waals surface area (Å²) in [6.45, 7) is 3.62. The van der Waals surface area contributed by atoms with Crippen LogP contribution in [0.1, 0.15) is 19.4 Å². The summed E-state index contributed by atoms with van der Waals surface area (Å²) in [4.78, 5) is 12.1. The summed E-state index contributed by atoms with van der Waals surface area (Å²) in [5.41, 5.74) is 1.46. The molecule has 0 aliphatic heterocycles. The third kappa shape index (κ3) is 5.01. The summed E-state index contributed by atoms with van der Waals surface area (Å²) in [6, 6.07) is 15.5. The van der Waals surface area contributed by atoms with Gasteiger partial charge in [0.1, 0.15) is 0 Å². The molecule has 0 atom stereocenters. The van der Waals surface area contributed by atoms with Crippen LogP contribution in [0, 0.1) is 0 Å². The smallest absolute Gasteiger partial charge is 0.248 e. The number of carbonyl (C=O) groups excluding carboxylic acids is 1. The lowest BCUT2D eigenvalue weighted by molar-refractivity contribution is -0.111. The Labute approximate surface area is 149 Å². The molecule has 2 rings (SSSR count). The van der Waals surface area contributed by atoms with E-state index in [0.717, 1.165) is 5.56 Å². The number of carbonyl (C=O) groups is 1. The van der Waals surface area contributed by atoms with Crippen molar-refractivity contribution in [1.29, 1.82) is 0 Å². The van der Waals surface area contributed by atoms with Crippen LogP contribution in [0.25, 0.3) is 6.08 Å². The van der Waals surface area contributed by atoms with Gasteiger partial charge in [0, 0.05) is 24.9 Å². The van der Waals surface area contributed by atoms with Crippen molar-refractivity contribution in [2.24, 2.45) is 0 Å². The number of nitrogens with one attached hydrogen (secondary N) is 1. The summed E-state index contributed by atoms with van der Waals surface area (Å²) >= 11 is 0. The average molecular weight is 358 g/mol. The fourth-order valence-corrected chi connectivity index (χ4v) is 3.44. The molecular weight excluding hydrogens is 336 g/mol. The van der Waals surface area contributed by atoms with E-state index in [1.54, 1.807) is 25.3 Å². The number of hydrogen-bond acceptors (Lipinski definition) is 3. The first-order chi connectivity index (χ1) is 11.8. The number of amides is 1. The zero-order valence-corrected chi connectivity index (χ0v) is 15.3. The molecule has 5 nitrogen and oxygen atoms in total. The van der Waals surface area contributed by atoms with Crippen molar-refractivity contribution in [3.05, 3.63) is 66.2 Å². The first-order valence-corrected chi connectivity index (χ1v) is 9.37. The van der Waals surface area contributed by atoms with E-state index in [1.807, 2.05) is 44.2 Å². The summed E-state index contributed by atoms with van der Waals surface area (Å²) in [5.74, 6) is -0.279. The molecule has 0 fully saturated rings. The molecule has 2 aromatic rings. The predicted octanol–water partition coefficient (Wildman–Crippen LogP) is 3.37. The highest BCUT2D eigenvalue weighted by Gasteiger charge is 2.22. The zero-order chi connectivity index (χ0) is 18.4. The monoisotopic (exact) mass is 358 g/mol. The summed E-state index contributed by atoms with van der Waals surface area (Å²) in [5, 5.41) is 2.71. The summed E-state index contributed by atoms with van der Waals surface area (Å²) < 4.78 is 26.1. The zero-order valence-electron chi connectivity index (χ0n) is 14.5. The second-order valence-electron chi connectivity index (χ2n) is 5.87. The highest BCUT2D eigenvalue weighted by molar-refractivity contribution is 7.89. The molecule has 1 N–H and O–H groups in total. The Kier molecular flexibility index (Phi) is 6.12. The highest BCUT2D eigenvalue weighted by Crippen LogP contribution is 2.19. The van der Waals surface area contributed by atoms with Crippen LogP contribution < -0.4 is 5.32 Å².